The molecule has 1 aromatic carbocycles. The summed E-state index contributed by atoms with van der Waals surface area (Å²) in [7, 11) is 0. The molecule has 0 unspecified atom stereocenters. The van der Waals surface area contributed by atoms with Gasteiger partial charge in [-0.15, -0.1) is 11.8 Å². The molecule has 0 fully saturated rings. The molecule has 0 atom stereocenters. The van der Waals surface area contributed by atoms with E-state index in [2.05, 4.69) is 28.7 Å². The predicted molar refractivity (Wildman–Crippen MR) is 81.6 cm³/mol. The van der Waals surface area contributed by atoms with Gasteiger partial charge in [0.1, 0.15) is 10.8 Å². The molecule has 1 heterocycles. The van der Waals surface area contributed by atoms with Crippen molar-refractivity contribution in [3.8, 4) is 0 Å². The van der Waals surface area contributed by atoms with Crippen LogP contribution in [0.5, 0.6) is 0 Å². The lowest BCUT2D eigenvalue weighted by Gasteiger charge is -2.07. The van der Waals surface area contributed by atoms with Crippen molar-refractivity contribution in [1.82, 2.24) is 4.98 Å². The fourth-order valence-electron chi connectivity index (χ4n) is 1.46. The minimum absolute atomic E-state index is 0.302. The van der Waals surface area contributed by atoms with E-state index in [9.17, 15) is 0 Å². The van der Waals surface area contributed by atoms with Gasteiger partial charge in [0, 0.05) is 10.6 Å². The van der Waals surface area contributed by atoms with E-state index in [0.717, 1.165) is 11.5 Å². The summed E-state index contributed by atoms with van der Waals surface area (Å²) in [6.45, 7) is 0. The van der Waals surface area contributed by atoms with Crippen LogP contribution in [0, 0.1) is 0 Å². The average Bonchev–Trinajstić information content (AvgIpc) is 2.40. The van der Waals surface area contributed by atoms with Crippen LogP contribution in [0.3, 0.4) is 0 Å². The van der Waals surface area contributed by atoms with Gasteiger partial charge in [-0.3, -0.25) is 0 Å². The van der Waals surface area contributed by atoms with Crippen molar-refractivity contribution in [2.75, 3.05) is 11.6 Å². The molecule has 2 rings (SSSR count). The Labute approximate surface area is 116 Å². The van der Waals surface area contributed by atoms with Crippen LogP contribution in [0.15, 0.2) is 47.4 Å². The summed E-state index contributed by atoms with van der Waals surface area (Å²) < 4.78 is 0. The predicted octanol–water partition coefficient (Wildman–Crippen LogP) is 3.18. The number of nitrogens with two attached hydrogens (primary N) is 1. The first-order chi connectivity index (χ1) is 8.69. The molecule has 0 spiro atoms. The Morgan fingerprint density at radius 3 is 2.56 bits per heavy atom. The van der Waals surface area contributed by atoms with Gasteiger partial charge in [-0.2, -0.15) is 0 Å². The first-order valence-corrected chi connectivity index (χ1v) is 7.00. The molecule has 1 aromatic heterocycles. The van der Waals surface area contributed by atoms with Gasteiger partial charge >= 0.3 is 0 Å². The highest BCUT2D eigenvalue weighted by Crippen LogP contribution is 2.20. The van der Waals surface area contributed by atoms with E-state index in [1.807, 2.05) is 24.3 Å². The summed E-state index contributed by atoms with van der Waals surface area (Å²) in [5.41, 5.74) is 7.16. The van der Waals surface area contributed by atoms with Crippen molar-refractivity contribution in [3.63, 3.8) is 0 Å². The number of rotatable bonds is 4. The molecule has 0 saturated heterocycles. The van der Waals surface area contributed by atoms with Gasteiger partial charge in [0.2, 0.25) is 0 Å². The van der Waals surface area contributed by atoms with Crippen LogP contribution in [0.25, 0.3) is 0 Å². The van der Waals surface area contributed by atoms with Crippen molar-refractivity contribution in [2.24, 2.45) is 5.73 Å². The molecule has 18 heavy (non-hydrogen) atoms. The molecule has 0 bridgehead atoms. The summed E-state index contributed by atoms with van der Waals surface area (Å²) >= 11 is 6.62. The highest BCUT2D eigenvalue weighted by Gasteiger charge is 2.00. The minimum Gasteiger partial charge on any atom is -0.388 e. The van der Waals surface area contributed by atoms with Crippen molar-refractivity contribution in [3.05, 3.63) is 48.2 Å². The van der Waals surface area contributed by atoms with Gasteiger partial charge in [-0.25, -0.2) is 4.98 Å². The van der Waals surface area contributed by atoms with Gasteiger partial charge in [-0.05, 0) is 42.7 Å². The number of aromatic nitrogens is 1. The molecule has 0 amide bonds. The second-order valence-electron chi connectivity index (χ2n) is 3.63. The maximum absolute atomic E-state index is 5.55. The van der Waals surface area contributed by atoms with Crippen LogP contribution < -0.4 is 11.1 Å². The second-order valence-corrected chi connectivity index (χ2v) is 4.95. The number of pyridine rings is 1. The maximum atomic E-state index is 5.55. The Morgan fingerprint density at radius 1 is 1.22 bits per heavy atom. The van der Waals surface area contributed by atoms with Gasteiger partial charge in [0.15, 0.2) is 0 Å². The third kappa shape index (κ3) is 3.21. The summed E-state index contributed by atoms with van der Waals surface area (Å²) in [4.78, 5) is 5.86. The third-order valence-corrected chi connectivity index (χ3v) is 3.32. The molecule has 92 valence electrons. The zero-order valence-electron chi connectivity index (χ0n) is 9.88. The Morgan fingerprint density at radius 2 is 1.94 bits per heavy atom. The molecule has 0 aliphatic heterocycles. The summed E-state index contributed by atoms with van der Waals surface area (Å²) in [6, 6.07) is 13.7. The number of nitrogens with one attached hydrogen (secondary N) is 1. The molecule has 3 nitrogen and oxygen atoms in total. The number of hydrogen-bond donors (Lipinski definition) is 2. The van der Waals surface area contributed by atoms with Gasteiger partial charge in [0.25, 0.3) is 0 Å². The van der Waals surface area contributed by atoms with E-state index < -0.39 is 0 Å². The van der Waals surface area contributed by atoms with Gasteiger partial charge < -0.3 is 11.1 Å². The molecular formula is C13H13N3S2. The molecule has 0 saturated carbocycles. The quantitative estimate of drug-likeness (QED) is 0.663. The number of thiocarbonyl (C=S) groups is 1. The Balaban J connectivity index is 2.17. The van der Waals surface area contributed by atoms with E-state index in [0.29, 0.717) is 10.7 Å². The van der Waals surface area contributed by atoms with Crippen LogP contribution in [0.2, 0.25) is 0 Å². The maximum Gasteiger partial charge on any atom is 0.131 e. The lowest BCUT2D eigenvalue weighted by molar-refractivity contribution is 1.27. The monoisotopic (exact) mass is 275 g/mol. The summed E-state index contributed by atoms with van der Waals surface area (Å²) in [5, 5.41) is 3.21. The second kappa shape index (κ2) is 5.84. The van der Waals surface area contributed by atoms with E-state index in [1.165, 1.54) is 4.90 Å². The molecule has 2 aromatic rings. The highest BCUT2D eigenvalue weighted by molar-refractivity contribution is 7.98. The SMILES string of the molecule is CSc1ccc(Nc2cccc(C(N)=S)n2)cc1. The molecule has 0 aliphatic carbocycles. The lowest BCUT2D eigenvalue weighted by Crippen LogP contribution is -2.12. The number of nitrogens with zero attached hydrogens (tertiary/aromatic N) is 1. The fourth-order valence-corrected chi connectivity index (χ4v) is 1.99. The van der Waals surface area contributed by atoms with Crippen molar-refractivity contribution in [1.29, 1.82) is 0 Å². The van der Waals surface area contributed by atoms with Crippen LogP contribution in [0.1, 0.15) is 5.69 Å². The van der Waals surface area contributed by atoms with Crippen molar-refractivity contribution in [2.45, 2.75) is 4.90 Å². The zero-order chi connectivity index (χ0) is 13.0. The van der Waals surface area contributed by atoms with Crippen LogP contribution in [-0.4, -0.2) is 16.2 Å². The van der Waals surface area contributed by atoms with E-state index >= 15 is 0 Å². The first kappa shape index (κ1) is 12.9. The average molecular weight is 275 g/mol. The Kier molecular flexibility index (Phi) is 4.17. The topological polar surface area (TPSA) is 50.9 Å². The largest absolute Gasteiger partial charge is 0.388 e. The molecule has 3 N–H and O–H groups in total. The first-order valence-electron chi connectivity index (χ1n) is 5.37. The molecule has 0 radical (unpaired) electrons. The number of hydrogen-bond acceptors (Lipinski definition) is 4. The highest BCUT2D eigenvalue weighted by atomic mass is 32.2. The Hall–Kier alpha value is -1.59. The lowest BCUT2D eigenvalue weighted by atomic mass is 10.3. The zero-order valence-corrected chi connectivity index (χ0v) is 11.5. The van der Waals surface area contributed by atoms with Gasteiger partial charge in [0.05, 0.1) is 5.69 Å². The van der Waals surface area contributed by atoms with E-state index in [-0.39, 0.29) is 0 Å². The molecule has 0 aliphatic rings. The molecule has 5 heteroatoms. The van der Waals surface area contributed by atoms with Crippen LogP contribution >= 0.6 is 24.0 Å². The number of benzene rings is 1. The number of thioether (sulfide) groups is 1. The standard InChI is InChI=1S/C13H13N3S2/c1-18-10-7-5-9(6-8-10)15-12-4-2-3-11(16-12)13(14)17/h2-8H,1H3,(H2,14,17)(H,15,16). The Bertz CT molecular complexity index is 552. The fraction of sp³-hybridized carbons (Fsp3) is 0.0769. The third-order valence-electron chi connectivity index (χ3n) is 2.36. The van der Waals surface area contributed by atoms with Crippen LogP contribution in [0.4, 0.5) is 11.5 Å². The minimum atomic E-state index is 0.302. The molecular weight excluding hydrogens is 262 g/mol. The summed E-state index contributed by atoms with van der Waals surface area (Å²) in [6.07, 6.45) is 2.05. The number of anilines is 2. The van der Waals surface area contributed by atoms with E-state index in [1.54, 1.807) is 17.8 Å². The summed E-state index contributed by atoms with van der Waals surface area (Å²) in [5.74, 6) is 0.734. The normalized spacial score (nSPS) is 10.1. The van der Waals surface area contributed by atoms with Crippen molar-refractivity contribution >= 4 is 40.5 Å². The smallest absolute Gasteiger partial charge is 0.131 e. The van der Waals surface area contributed by atoms with Gasteiger partial charge in [-0.1, -0.05) is 18.3 Å². The van der Waals surface area contributed by atoms with E-state index in [4.69, 9.17) is 18.0 Å². The van der Waals surface area contributed by atoms with Crippen molar-refractivity contribution < 1.29 is 0 Å². The van der Waals surface area contributed by atoms with Crippen LogP contribution in [-0.2, 0) is 0 Å².